The van der Waals surface area contributed by atoms with Crippen molar-refractivity contribution < 1.29 is 12.8 Å². The van der Waals surface area contributed by atoms with E-state index in [-0.39, 0.29) is 23.4 Å². The first-order chi connectivity index (χ1) is 15.8. The summed E-state index contributed by atoms with van der Waals surface area (Å²) in [6.45, 7) is 6.27. The Bertz CT molecular complexity index is 1190. The van der Waals surface area contributed by atoms with Crippen molar-refractivity contribution in [2.45, 2.75) is 56.7 Å². The number of piperidine rings is 1. The second kappa shape index (κ2) is 10.1. The molecule has 0 spiro atoms. The molecule has 0 amide bonds. The van der Waals surface area contributed by atoms with Gasteiger partial charge in [0.05, 0.1) is 35.1 Å². The molecule has 0 unspecified atom stereocenters. The summed E-state index contributed by atoms with van der Waals surface area (Å²) in [6.07, 6.45) is 5.43. The van der Waals surface area contributed by atoms with Gasteiger partial charge >= 0.3 is 0 Å². The maximum Gasteiger partial charge on any atom is 0.156 e. The molecule has 1 fully saturated rings. The lowest BCUT2D eigenvalue weighted by atomic mass is 9.88. The maximum atomic E-state index is 13.8. The van der Waals surface area contributed by atoms with Crippen molar-refractivity contribution in [3.63, 3.8) is 0 Å². The first kappa shape index (κ1) is 23.5. The molecule has 1 saturated heterocycles. The van der Waals surface area contributed by atoms with E-state index in [1.54, 1.807) is 30.8 Å². The standard InChI is InChI=1S/C24H30FN5O2S/c1-18(2)33(31,32)17-19-5-3-6-21(13-19)20-8-11-29(12-9-20)14-22-15-30(28-27-22)16-24-23(25)7-4-10-26-24/h3-7,10,13,15,18,20H,8-9,11-12,14,16-17H2,1-2H3. The average Bonchev–Trinajstić information content (AvgIpc) is 3.22. The Kier molecular flexibility index (Phi) is 7.19. The van der Waals surface area contributed by atoms with Gasteiger partial charge in [0, 0.05) is 12.7 Å². The fourth-order valence-corrected chi connectivity index (χ4v) is 5.14. The van der Waals surface area contributed by atoms with Crippen molar-refractivity contribution >= 4 is 9.84 Å². The van der Waals surface area contributed by atoms with Crippen molar-refractivity contribution in [1.82, 2.24) is 24.9 Å². The van der Waals surface area contributed by atoms with Crippen LogP contribution in [0.1, 0.15) is 55.1 Å². The van der Waals surface area contributed by atoms with Gasteiger partial charge in [-0.05, 0) is 69.0 Å². The monoisotopic (exact) mass is 471 g/mol. The number of hydrogen-bond acceptors (Lipinski definition) is 6. The number of hydrogen-bond donors (Lipinski definition) is 0. The molecule has 3 aromatic rings. The van der Waals surface area contributed by atoms with Crippen LogP contribution in [-0.2, 0) is 28.7 Å². The van der Waals surface area contributed by atoms with E-state index in [4.69, 9.17) is 0 Å². The van der Waals surface area contributed by atoms with Crippen LogP contribution in [0, 0.1) is 5.82 Å². The number of sulfone groups is 1. The number of benzene rings is 1. The number of aromatic nitrogens is 4. The molecule has 9 heteroatoms. The zero-order valence-corrected chi connectivity index (χ0v) is 19.9. The lowest BCUT2D eigenvalue weighted by Gasteiger charge is -2.31. The third kappa shape index (κ3) is 6.03. The molecule has 176 valence electrons. The molecule has 4 rings (SSSR count). The first-order valence-corrected chi connectivity index (χ1v) is 13.0. The highest BCUT2D eigenvalue weighted by molar-refractivity contribution is 7.91. The summed E-state index contributed by atoms with van der Waals surface area (Å²) in [6, 6.07) is 11.0. The Balaban J connectivity index is 1.31. The van der Waals surface area contributed by atoms with E-state index < -0.39 is 9.84 Å². The predicted molar refractivity (Wildman–Crippen MR) is 125 cm³/mol. The number of halogens is 1. The first-order valence-electron chi connectivity index (χ1n) is 11.3. The predicted octanol–water partition coefficient (Wildman–Crippen LogP) is 3.56. The van der Waals surface area contributed by atoms with Gasteiger partial charge < -0.3 is 0 Å². The molecular formula is C24H30FN5O2S. The van der Waals surface area contributed by atoms with Crippen LogP contribution < -0.4 is 0 Å². The van der Waals surface area contributed by atoms with Gasteiger partial charge in [-0.3, -0.25) is 9.88 Å². The molecule has 1 aromatic carbocycles. The summed E-state index contributed by atoms with van der Waals surface area (Å²) < 4.78 is 40.0. The number of pyridine rings is 1. The van der Waals surface area contributed by atoms with Crippen molar-refractivity contribution in [3.8, 4) is 0 Å². The van der Waals surface area contributed by atoms with Gasteiger partial charge in [-0.2, -0.15) is 0 Å². The molecule has 1 aliphatic heterocycles. The van der Waals surface area contributed by atoms with Crippen LogP contribution in [0.25, 0.3) is 0 Å². The van der Waals surface area contributed by atoms with Gasteiger partial charge in [0.25, 0.3) is 0 Å². The van der Waals surface area contributed by atoms with Crippen molar-refractivity contribution in [3.05, 3.63) is 77.1 Å². The highest BCUT2D eigenvalue weighted by Gasteiger charge is 2.23. The largest absolute Gasteiger partial charge is 0.297 e. The fourth-order valence-electron chi connectivity index (χ4n) is 4.17. The zero-order chi connectivity index (χ0) is 23.4. The van der Waals surface area contributed by atoms with Gasteiger partial charge in [-0.1, -0.05) is 29.5 Å². The molecule has 0 bridgehead atoms. The molecule has 0 N–H and O–H groups in total. The van der Waals surface area contributed by atoms with E-state index in [1.165, 1.54) is 11.6 Å². The van der Waals surface area contributed by atoms with Crippen LogP contribution in [0.3, 0.4) is 0 Å². The second-order valence-corrected chi connectivity index (χ2v) is 11.5. The molecule has 1 aliphatic rings. The van der Waals surface area contributed by atoms with E-state index in [0.29, 0.717) is 18.2 Å². The third-order valence-corrected chi connectivity index (χ3v) is 8.39. The van der Waals surface area contributed by atoms with Crippen molar-refractivity contribution in [2.75, 3.05) is 13.1 Å². The Labute approximate surface area is 194 Å². The topological polar surface area (TPSA) is 81.0 Å². The summed E-state index contributed by atoms with van der Waals surface area (Å²) >= 11 is 0. The maximum absolute atomic E-state index is 13.8. The molecule has 7 nitrogen and oxygen atoms in total. The van der Waals surface area contributed by atoms with E-state index in [9.17, 15) is 12.8 Å². The lowest BCUT2D eigenvalue weighted by molar-refractivity contribution is 0.202. The Morgan fingerprint density at radius 1 is 1.12 bits per heavy atom. The summed E-state index contributed by atoms with van der Waals surface area (Å²) in [4.78, 5) is 6.41. The van der Waals surface area contributed by atoms with Crippen LogP contribution in [0.2, 0.25) is 0 Å². The highest BCUT2D eigenvalue weighted by atomic mass is 32.2. The van der Waals surface area contributed by atoms with E-state index in [0.717, 1.165) is 37.2 Å². The zero-order valence-electron chi connectivity index (χ0n) is 19.1. The van der Waals surface area contributed by atoms with E-state index in [1.807, 2.05) is 18.3 Å². The molecule has 0 aliphatic carbocycles. The molecular weight excluding hydrogens is 441 g/mol. The van der Waals surface area contributed by atoms with Crippen LogP contribution in [-0.4, -0.2) is 51.6 Å². The summed E-state index contributed by atoms with van der Waals surface area (Å²) in [5.41, 5.74) is 3.28. The van der Waals surface area contributed by atoms with Crippen molar-refractivity contribution in [1.29, 1.82) is 0 Å². The summed E-state index contributed by atoms with van der Waals surface area (Å²) in [7, 11) is -3.11. The smallest absolute Gasteiger partial charge is 0.156 e. The minimum atomic E-state index is -3.11. The van der Waals surface area contributed by atoms with Crippen LogP contribution in [0.5, 0.6) is 0 Å². The second-order valence-electron chi connectivity index (χ2n) is 8.99. The lowest BCUT2D eigenvalue weighted by Crippen LogP contribution is -2.32. The van der Waals surface area contributed by atoms with E-state index in [2.05, 4.69) is 32.3 Å². The molecule has 0 saturated carbocycles. The quantitative estimate of drug-likeness (QED) is 0.500. The average molecular weight is 472 g/mol. The van der Waals surface area contributed by atoms with Gasteiger partial charge in [0.2, 0.25) is 0 Å². The van der Waals surface area contributed by atoms with Gasteiger partial charge in [0.15, 0.2) is 9.84 Å². The van der Waals surface area contributed by atoms with Crippen LogP contribution >= 0.6 is 0 Å². The number of nitrogens with zero attached hydrogens (tertiary/aromatic N) is 5. The minimum Gasteiger partial charge on any atom is -0.297 e. The highest BCUT2D eigenvalue weighted by Crippen LogP contribution is 2.29. The number of rotatable bonds is 8. The Morgan fingerprint density at radius 2 is 1.91 bits per heavy atom. The minimum absolute atomic E-state index is 0.0927. The third-order valence-electron chi connectivity index (χ3n) is 6.21. The molecule has 33 heavy (non-hydrogen) atoms. The molecule has 0 atom stereocenters. The van der Waals surface area contributed by atoms with E-state index >= 15 is 0 Å². The van der Waals surface area contributed by atoms with Crippen molar-refractivity contribution in [2.24, 2.45) is 0 Å². The molecule has 2 aromatic heterocycles. The SMILES string of the molecule is CC(C)S(=O)(=O)Cc1cccc(C2CCN(Cc3cn(Cc4ncccc4F)nn3)CC2)c1. The molecule has 3 heterocycles. The Morgan fingerprint density at radius 3 is 2.64 bits per heavy atom. The van der Waals surface area contributed by atoms with Gasteiger partial charge in [0.1, 0.15) is 5.82 Å². The normalized spacial score (nSPS) is 15.9. The van der Waals surface area contributed by atoms with Gasteiger partial charge in [-0.25, -0.2) is 17.5 Å². The fraction of sp³-hybridized carbons (Fsp3) is 0.458. The molecule has 0 radical (unpaired) electrons. The summed E-state index contributed by atoms with van der Waals surface area (Å²) in [5, 5.41) is 7.98. The van der Waals surface area contributed by atoms with Gasteiger partial charge in [-0.15, -0.1) is 5.10 Å². The number of likely N-dealkylation sites (tertiary alicyclic amines) is 1. The van der Waals surface area contributed by atoms with Crippen LogP contribution in [0.4, 0.5) is 4.39 Å². The Hall–Kier alpha value is -2.65. The van der Waals surface area contributed by atoms with Crippen LogP contribution in [0.15, 0.2) is 48.8 Å². The summed E-state index contributed by atoms with van der Waals surface area (Å²) in [5.74, 6) is 0.170.